The fourth-order valence-electron chi connectivity index (χ4n) is 4.57. The van der Waals surface area contributed by atoms with Crippen LogP contribution in [0.15, 0.2) is 53.3 Å². The standard InChI is InChI=1S/C27H33ClN4O3/c1-19(2)15-25(34)18-31-26(21-5-3-6-22(28)16-21)29-32(27(31)35)23-10-8-20(9-11-23)12-14-30-13-4-7-24(33)17-30/h3,5-6,8-11,16,19,24,33H,4,7,12-15,17-18H2,1-2H3. The van der Waals surface area contributed by atoms with Crippen molar-refractivity contribution in [1.82, 2.24) is 19.2 Å². The van der Waals surface area contributed by atoms with Crippen LogP contribution in [-0.2, 0) is 17.8 Å². The van der Waals surface area contributed by atoms with Crippen molar-refractivity contribution in [2.45, 2.75) is 52.2 Å². The van der Waals surface area contributed by atoms with E-state index in [0.717, 1.165) is 44.5 Å². The first-order chi connectivity index (χ1) is 16.8. The quantitative estimate of drug-likeness (QED) is 0.485. The molecule has 1 unspecified atom stereocenters. The molecule has 186 valence electrons. The SMILES string of the molecule is CC(C)CC(=O)Cn1c(-c2cccc(Cl)c2)nn(-c2ccc(CCN3CCCC(O)C3)cc2)c1=O. The van der Waals surface area contributed by atoms with E-state index >= 15 is 0 Å². The number of nitrogens with zero attached hydrogens (tertiary/aromatic N) is 4. The second-order valence-corrected chi connectivity index (χ2v) is 10.2. The fraction of sp³-hybridized carbons (Fsp3) is 0.444. The number of aromatic nitrogens is 3. The number of benzene rings is 2. The maximum atomic E-state index is 13.4. The molecule has 3 aromatic rings. The third-order valence-electron chi connectivity index (χ3n) is 6.29. The Morgan fingerprint density at radius 2 is 1.97 bits per heavy atom. The molecule has 1 N–H and O–H groups in total. The van der Waals surface area contributed by atoms with Gasteiger partial charge in [0, 0.05) is 30.1 Å². The molecular weight excluding hydrogens is 464 g/mol. The molecule has 0 spiro atoms. The Balaban J connectivity index is 1.58. The van der Waals surface area contributed by atoms with Gasteiger partial charge in [-0.3, -0.25) is 9.36 Å². The zero-order valence-corrected chi connectivity index (χ0v) is 21.1. The molecular formula is C27H33ClN4O3. The molecule has 0 aliphatic carbocycles. The number of Topliss-reactive ketones (excluding diaryl/α,β-unsaturated/α-hetero) is 1. The van der Waals surface area contributed by atoms with Gasteiger partial charge in [0.25, 0.3) is 0 Å². The Bertz CT molecular complexity index is 1220. The third-order valence-corrected chi connectivity index (χ3v) is 6.53. The number of likely N-dealkylation sites (tertiary alicyclic amines) is 1. The van der Waals surface area contributed by atoms with Crippen molar-refractivity contribution in [2.24, 2.45) is 5.92 Å². The van der Waals surface area contributed by atoms with Crippen LogP contribution < -0.4 is 5.69 Å². The zero-order valence-electron chi connectivity index (χ0n) is 20.4. The summed E-state index contributed by atoms with van der Waals surface area (Å²) in [5, 5.41) is 15.0. The normalized spacial score (nSPS) is 16.7. The number of rotatable bonds is 9. The Labute approximate surface area is 211 Å². The molecule has 35 heavy (non-hydrogen) atoms. The molecule has 7 nitrogen and oxygen atoms in total. The average Bonchev–Trinajstić information content (AvgIpc) is 3.13. The average molecular weight is 497 g/mol. The third kappa shape index (κ3) is 6.48. The number of β-amino-alcohol motifs (C(OH)–C–C–N with tert-alkyl or cyclic N) is 1. The van der Waals surface area contributed by atoms with E-state index in [4.69, 9.17) is 11.6 Å². The number of hydrogen-bond donors (Lipinski definition) is 1. The lowest BCUT2D eigenvalue weighted by Gasteiger charge is -2.29. The monoisotopic (exact) mass is 496 g/mol. The van der Waals surface area contributed by atoms with Gasteiger partial charge < -0.3 is 10.0 Å². The van der Waals surface area contributed by atoms with E-state index in [2.05, 4.69) is 10.00 Å². The van der Waals surface area contributed by atoms with Crippen molar-refractivity contribution in [3.8, 4) is 17.1 Å². The molecule has 0 amide bonds. The molecule has 1 atom stereocenters. The molecule has 4 rings (SSSR count). The second-order valence-electron chi connectivity index (χ2n) is 9.76. The number of hydrogen-bond acceptors (Lipinski definition) is 5. The Morgan fingerprint density at radius 1 is 1.20 bits per heavy atom. The van der Waals surface area contributed by atoms with E-state index in [1.54, 1.807) is 18.2 Å². The Morgan fingerprint density at radius 3 is 2.66 bits per heavy atom. The summed E-state index contributed by atoms with van der Waals surface area (Å²) in [6, 6.07) is 14.9. The van der Waals surface area contributed by atoms with E-state index in [0.29, 0.717) is 28.5 Å². The van der Waals surface area contributed by atoms with E-state index in [1.165, 1.54) is 9.25 Å². The summed E-state index contributed by atoms with van der Waals surface area (Å²) in [6.07, 6.45) is 2.95. The summed E-state index contributed by atoms with van der Waals surface area (Å²) in [5.74, 6) is 0.619. The second kappa shape index (κ2) is 11.3. The Kier molecular flexibility index (Phi) is 8.21. The van der Waals surface area contributed by atoms with E-state index in [-0.39, 0.29) is 30.0 Å². The summed E-state index contributed by atoms with van der Waals surface area (Å²) in [7, 11) is 0. The lowest BCUT2D eigenvalue weighted by Crippen LogP contribution is -2.39. The maximum absolute atomic E-state index is 13.4. The summed E-state index contributed by atoms with van der Waals surface area (Å²) in [4.78, 5) is 28.3. The van der Waals surface area contributed by atoms with Crippen molar-refractivity contribution in [2.75, 3.05) is 19.6 Å². The van der Waals surface area contributed by atoms with Gasteiger partial charge in [0.05, 0.1) is 18.3 Å². The molecule has 0 bridgehead atoms. The number of piperidine rings is 1. The molecule has 1 aliphatic heterocycles. The minimum Gasteiger partial charge on any atom is -0.392 e. The zero-order chi connectivity index (χ0) is 24.9. The smallest absolute Gasteiger partial charge is 0.351 e. The van der Waals surface area contributed by atoms with Gasteiger partial charge in [-0.2, -0.15) is 4.68 Å². The van der Waals surface area contributed by atoms with Crippen LogP contribution in [0.25, 0.3) is 17.1 Å². The van der Waals surface area contributed by atoms with Crippen molar-refractivity contribution in [3.63, 3.8) is 0 Å². The highest BCUT2D eigenvalue weighted by Gasteiger charge is 2.20. The number of carbonyl (C=O) groups is 1. The van der Waals surface area contributed by atoms with Crippen LogP contribution in [0.1, 0.15) is 38.7 Å². The number of carbonyl (C=O) groups excluding carboxylic acids is 1. The molecule has 1 aromatic heterocycles. The van der Waals surface area contributed by atoms with Crippen molar-refractivity contribution in [3.05, 3.63) is 69.6 Å². The van der Waals surface area contributed by atoms with Gasteiger partial charge in [0.15, 0.2) is 11.6 Å². The van der Waals surface area contributed by atoms with Crippen molar-refractivity contribution in [1.29, 1.82) is 0 Å². The number of aliphatic hydroxyl groups excluding tert-OH is 1. The largest absolute Gasteiger partial charge is 0.392 e. The topological polar surface area (TPSA) is 80.4 Å². The van der Waals surface area contributed by atoms with Gasteiger partial charge in [-0.25, -0.2) is 4.79 Å². The molecule has 1 aliphatic rings. The van der Waals surface area contributed by atoms with E-state index in [1.807, 2.05) is 44.2 Å². The molecule has 2 aromatic carbocycles. The maximum Gasteiger partial charge on any atom is 0.351 e. The summed E-state index contributed by atoms with van der Waals surface area (Å²) < 4.78 is 2.79. The van der Waals surface area contributed by atoms with Crippen LogP contribution in [0.3, 0.4) is 0 Å². The predicted octanol–water partition coefficient (Wildman–Crippen LogP) is 3.97. The van der Waals surface area contributed by atoms with Gasteiger partial charge in [-0.15, -0.1) is 5.10 Å². The minimum absolute atomic E-state index is 0.0110. The number of halogens is 1. The highest BCUT2D eigenvalue weighted by Crippen LogP contribution is 2.22. The molecule has 8 heteroatoms. The van der Waals surface area contributed by atoms with Gasteiger partial charge in [0.2, 0.25) is 0 Å². The highest BCUT2D eigenvalue weighted by atomic mass is 35.5. The first kappa shape index (κ1) is 25.4. The molecule has 2 heterocycles. The van der Waals surface area contributed by atoms with E-state index in [9.17, 15) is 14.7 Å². The van der Waals surface area contributed by atoms with Crippen LogP contribution in [0.2, 0.25) is 5.02 Å². The molecule has 1 fully saturated rings. The minimum atomic E-state index is -0.355. The first-order valence-electron chi connectivity index (χ1n) is 12.3. The summed E-state index contributed by atoms with van der Waals surface area (Å²) >= 11 is 6.19. The highest BCUT2D eigenvalue weighted by molar-refractivity contribution is 6.30. The van der Waals surface area contributed by atoms with Crippen LogP contribution in [-0.4, -0.2) is 55.9 Å². The van der Waals surface area contributed by atoms with Crippen LogP contribution in [0, 0.1) is 5.92 Å². The number of ketones is 1. The van der Waals surface area contributed by atoms with Crippen molar-refractivity contribution >= 4 is 17.4 Å². The summed E-state index contributed by atoms with van der Waals surface area (Å²) in [6.45, 7) is 6.57. The first-order valence-corrected chi connectivity index (χ1v) is 12.6. The van der Waals surface area contributed by atoms with Gasteiger partial charge in [0.1, 0.15) is 0 Å². The molecule has 0 saturated carbocycles. The number of aliphatic hydroxyl groups is 1. The fourth-order valence-corrected chi connectivity index (χ4v) is 4.76. The predicted molar refractivity (Wildman–Crippen MR) is 138 cm³/mol. The van der Waals surface area contributed by atoms with Gasteiger partial charge >= 0.3 is 5.69 Å². The lowest BCUT2D eigenvalue weighted by molar-refractivity contribution is -0.120. The van der Waals surface area contributed by atoms with Crippen LogP contribution in [0.5, 0.6) is 0 Å². The lowest BCUT2D eigenvalue weighted by atomic mass is 10.1. The molecule has 0 radical (unpaired) electrons. The van der Waals surface area contributed by atoms with Gasteiger partial charge in [-0.1, -0.05) is 49.7 Å². The van der Waals surface area contributed by atoms with Crippen LogP contribution in [0.4, 0.5) is 0 Å². The summed E-state index contributed by atoms with van der Waals surface area (Å²) in [5.41, 5.74) is 2.13. The Hall–Kier alpha value is -2.74. The van der Waals surface area contributed by atoms with Gasteiger partial charge in [-0.05, 0) is 61.6 Å². The van der Waals surface area contributed by atoms with Crippen LogP contribution >= 0.6 is 11.6 Å². The van der Waals surface area contributed by atoms with Crippen molar-refractivity contribution < 1.29 is 9.90 Å². The van der Waals surface area contributed by atoms with E-state index < -0.39 is 0 Å². The molecule has 1 saturated heterocycles.